The van der Waals surface area contributed by atoms with Gasteiger partial charge in [0.1, 0.15) is 17.5 Å². The van der Waals surface area contributed by atoms with Gasteiger partial charge in [-0.2, -0.15) is 0 Å². The van der Waals surface area contributed by atoms with E-state index < -0.39 is 17.5 Å². The third-order valence-electron chi connectivity index (χ3n) is 6.52. The Kier molecular flexibility index (Phi) is 4.81. The molecular weight excluding hydrogens is 333 g/mol. The number of halogens is 3. The second kappa shape index (κ2) is 7.09. The van der Waals surface area contributed by atoms with Crippen LogP contribution in [-0.4, -0.2) is 0 Å². The highest BCUT2D eigenvalue weighted by atomic mass is 19.1. The highest BCUT2D eigenvalue weighted by molar-refractivity contribution is 5.65. The number of hydrogen-bond acceptors (Lipinski definition) is 0. The molecule has 2 aromatic rings. The van der Waals surface area contributed by atoms with Gasteiger partial charge < -0.3 is 0 Å². The third kappa shape index (κ3) is 3.41. The van der Waals surface area contributed by atoms with Crippen molar-refractivity contribution in [3.05, 3.63) is 59.4 Å². The summed E-state index contributed by atoms with van der Waals surface area (Å²) in [5.74, 6) is 0.851. The van der Waals surface area contributed by atoms with Gasteiger partial charge >= 0.3 is 0 Å². The third-order valence-corrected chi connectivity index (χ3v) is 6.52. The molecule has 3 heteroatoms. The van der Waals surface area contributed by atoms with Crippen molar-refractivity contribution in [1.29, 1.82) is 0 Å². The van der Waals surface area contributed by atoms with Gasteiger partial charge in [-0.3, -0.25) is 0 Å². The van der Waals surface area contributed by atoms with Crippen LogP contribution in [-0.2, 0) is 0 Å². The first-order valence-electron chi connectivity index (χ1n) is 9.76. The fraction of sp³-hybridized carbons (Fsp3) is 0.478. The zero-order chi connectivity index (χ0) is 18.3. The number of fused-ring (bicyclic) bond motifs is 1. The monoisotopic (exact) mass is 358 g/mol. The summed E-state index contributed by atoms with van der Waals surface area (Å²) in [5.41, 5.74) is 0.877. The highest BCUT2D eigenvalue weighted by Crippen LogP contribution is 2.48. The van der Waals surface area contributed by atoms with Crippen molar-refractivity contribution in [2.75, 3.05) is 0 Å². The molecule has 4 rings (SSSR count). The van der Waals surface area contributed by atoms with E-state index in [0.29, 0.717) is 5.92 Å². The van der Waals surface area contributed by atoms with Crippen LogP contribution in [0.4, 0.5) is 13.2 Å². The average molecular weight is 358 g/mol. The maximum absolute atomic E-state index is 14.7. The minimum absolute atomic E-state index is 0.131. The standard InChI is InChI=1S/C23H25F3/c1-14-5-6-16-10-17(8-7-15(16)9-14)19-12-21(25)23(22(26)13-19)18-3-2-4-20(24)11-18/h2-4,11-17H,5-10H2,1H3/t14?,15-,16-,17-/m1/s1. The van der Waals surface area contributed by atoms with Gasteiger partial charge in [0.2, 0.25) is 0 Å². The number of rotatable bonds is 2. The molecule has 26 heavy (non-hydrogen) atoms. The summed E-state index contributed by atoms with van der Waals surface area (Å²) in [6, 6.07) is 8.41. The van der Waals surface area contributed by atoms with Crippen LogP contribution in [0.2, 0.25) is 0 Å². The van der Waals surface area contributed by atoms with Crippen LogP contribution >= 0.6 is 0 Å². The van der Waals surface area contributed by atoms with Crippen molar-refractivity contribution >= 4 is 0 Å². The molecular formula is C23H25F3. The normalized spacial score (nSPS) is 28.6. The Hall–Kier alpha value is -1.77. The quantitative estimate of drug-likeness (QED) is 0.537. The molecule has 138 valence electrons. The molecule has 0 amide bonds. The molecule has 2 fully saturated rings. The van der Waals surface area contributed by atoms with E-state index in [-0.39, 0.29) is 17.0 Å². The topological polar surface area (TPSA) is 0 Å². The van der Waals surface area contributed by atoms with Crippen molar-refractivity contribution in [1.82, 2.24) is 0 Å². The molecule has 0 aliphatic heterocycles. The van der Waals surface area contributed by atoms with E-state index in [0.717, 1.165) is 36.7 Å². The maximum Gasteiger partial charge on any atom is 0.134 e. The van der Waals surface area contributed by atoms with Crippen molar-refractivity contribution in [3.63, 3.8) is 0 Å². The van der Waals surface area contributed by atoms with Gasteiger partial charge in [0, 0.05) is 0 Å². The van der Waals surface area contributed by atoms with Crippen molar-refractivity contribution < 1.29 is 13.2 Å². The molecule has 0 saturated heterocycles. The van der Waals surface area contributed by atoms with Gasteiger partial charge in [0.15, 0.2) is 0 Å². The van der Waals surface area contributed by atoms with Crippen molar-refractivity contribution in [2.45, 2.75) is 51.4 Å². The molecule has 0 N–H and O–H groups in total. The van der Waals surface area contributed by atoms with Crippen LogP contribution in [0, 0.1) is 35.2 Å². The Morgan fingerprint density at radius 2 is 1.50 bits per heavy atom. The zero-order valence-corrected chi connectivity index (χ0v) is 15.2. The van der Waals surface area contributed by atoms with E-state index in [1.807, 2.05) is 0 Å². The zero-order valence-electron chi connectivity index (χ0n) is 15.2. The van der Waals surface area contributed by atoms with E-state index in [9.17, 15) is 13.2 Å². The molecule has 4 atom stereocenters. The van der Waals surface area contributed by atoms with E-state index >= 15 is 0 Å². The average Bonchev–Trinajstić information content (AvgIpc) is 2.60. The minimum atomic E-state index is -0.593. The highest BCUT2D eigenvalue weighted by Gasteiger charge is 2.35. The van der Waals surface area contributed by atoms with Crippen LogP contribution in [0.3, 0.4) is 0 Å². The second-order valence-electron chi connectivity index (χ2n) is 8.32. The summed E-state index contributed by atoms with van der Waals surface area (Å²) < 4.78 is 42.8. The Bertz CT molecular complexity index is 775. The molecule has 0 radical (unpaired) electrons. The number of hydrogen-bond donors (Lipinski definition) is 0. The lowest BCUT2D eigenvalue weighted by molar-refractivity contribution is 0.124. The van der Waals surface area contributed by atoms with Gasteiger partial charge in [-0.25, -0.2) is 13.2 Å². The molecule has 0 heterocycles. The SMILES string of the molecule is CC1CC[C@@H]2C[C@H](c3cc(F)c(-c4cccc(F)c4)c(F)c3)CC[C@@H]2C1. The first-order chi connectivity index (χ1) is 12.5. The summed E-state index contributed by atoms with van der Waals surface area (Å²) in [6.07, 6.45) is 7.03. The van der Waals surface area contributed by atoms with Gasteiger partial charge in [-0.15, -0.1) is 0 Å². The molecule has 2 saturated carbocycles. The fourth-order valence-corrected chi connectivity index (χ4v) is 5.17. The molecule has 0 bridgehead atoms. The van der Waals surface area contributed by atoms with Gasteiger partial charge in [0.05, 0.1) is 5.56 Å². The molecule has 2 aliphatic carbocycles. The van der Waals surface area contributed by atoms with Gasteiger partial charge in [-0.1, -0.05) is 25.5 Å². The lowest BCUT2D eigenvalue weighted by Crippen LogP contribution is -2.29. The van der Waals surface area contributed by atoms with E-state index in [4.69, 9.17) is 0 Å². The Balaban J connectivity index is 1.59. The molecule has 1 unspecified atom stereocenters. The molecule has 0 aromatic heterocycles. The van der Waals surface area contributed by atoms with Crippen LogP contribution in [0.5, 0.6) is 0 Å². The summed E-state index contributed by atoms with van der Waals surface area (Å²) in [6.45, 7) is 2.33. The molecule has 0 nitrogen and oxygen atoms in total. The van der Waals surface area contributed by atoms with Crippen LogP contribution in [0.1, 0.15) is 56.9 Å². The first kappa shape index (κ1) is 17.6. The lowest BCUT2D eigenvalue weighted by Gasteiger charge is -2.41. The van der Waals surface area contributed by atoms with E-state index in [1.165, 1.54) is 49.6 Å². The van der Waals surface area contributed by atoms with Crippen molar-refractivity contribution in [2.24, 2.45) is 17.8 Å². The summed E-state index contributed by atoms with van der Waals surface area (Å²) >= 11 is 0. The number of benzene rings is 2. The Morgan fingerprint density at radius 3 is 2.23 bits per heavy atom. The first-order valence-corrected chi connectivity index (χ1v) is 9.76. The van der Waals surface area contributed by atoms with E-state index in [1.54, 1.807) is 6.07 Å². The predicted octanol–water partition coefficient (Wildman–Crippen LogP) is 7.09. The van der Waals surface area contributed by atoms with Gasteiger partial charge in [-0.05, 0) is 91.2 Å². The maximum atomic E-state index is 14.7. The van der Waals surface area contributed by atoms with Crippen molar-refractivity contribution in [3.8, 4) is 11.1 Å². The minimum Gasteiger partial charge on any atom is -0.207 e. The fourth-order valence-electron chi connectivity index (χ4n) is 5.17. The van der Waals surface area contributed by atoms with Crippen LogP contribution in [0.25, 0.3) is 11.1 Å². The molecule has 0 spiro atoms. The molecule has 2 aliphatic rings. The second-order valence-corrected chi connectivity index (χ2v) is 8.32. The lowest BCUT2D eigenvalue weighted by atomic mass is 9.64. The Labute approximate surface area is 153 Å². The predicted molar refractivity (Wildman–Crippen MR) is 98.3 cm³/mol. The van der Waals surface area contributed by atoms with Gasteiger partial charge in [0.25, 0.3) is 0 Å². The smallest absolute Gasteiger partial charge is 0.134 e. The summed E-state index contributed by atoms with van der Waals surface area (Å²) in [4.78, 5) is 0. The summed E-state index contributed by atoms with van der Waals surface area (Å²) in [5, 5.41) is 0. The largest absolute Gasteiger partial charge is 0.207 e. The van der Waals surface area contributed by atoms with E-state index in [2.05, 4.69) is 6.92 Å². The van der Waals surface area contributed by atoms with Crippen LogP contribution in [0.15, 0.2) is 36.4 Å². The Morgan fingerprint density at radius 1 is 0.808 bits per heavy atom. The van der Waals surface area contributed by atoms with Crippen LogP contribution < -0.4 is 0 Å². The summed E-state index contributed by atoms with van der Waals surface area (Å²) in [7, 11) is 0. The molecule has 2 aromatic carbocycles.